The summed E-state index contributed by atoms with van der Waals surface area (Å²) in [6.07, 6.45) is -0.980. The molecule has 2 nitrogen and oxygen atoms in total. The predicted molar refractivity (Wildman–Crippen MR) is 91.3 cm³/mol. The van der Waals surface area contributed by atoms with Crippen LogP contribution in [-0.4, -0.2) is 12.7 Å². The number of ether oxygens (including phenoxy) is 1. The van der Waals surface area contributed by atoms with Crippen LogP contribution in [0.2, 0.25) is 0 Å². The molecule has 0 spiro atoms. The summed E-state index contributed by atoms with van der Waals surface area (Å²) < 4.78 is 49.0. The van der Waals surface area contributed by atoms with Crippen LogP contribution in [0.25, 0.3) is 0 Å². The van der Waals surface area contributed by atoms with Crippen molar-refractivity contribution in [2.75, 3.05) is 6.61 Å². The van der Waals surface area contributed by atoms with Gasteiger partial charge in [-0.25, -0.2) is 0 Å². The molecule has 0 amide bonds. The van der Waals surface area contributed by atoms with Gasteiger partial charge in [-0.1, -0.05) is 27.1 Å². The molecule has 0 saturated carbocycles. The lowest BCUT2D eigenvalue weighted by molar-refractivity contribution is -0.137. The maximum absolute atomic E-state index is 12.6. The third-order valence-corrected chi connectivity index (χ3v) is 10.9. The topological polar surface area (TPSA) is 18.5 Å². The van der Waals surface area contributed by atoms with E-state index in [0.717, 1.165) is 12.1 Å². The minimum absolute atomic E-state index is 0.175. The molecule has 118 valence electrons. The zero-order valence-electron chi connectivity index (χ0n) is 11.3. The Morgan fingerprint density at radius 2 is 2.14 bits per heavy atom. The van der Waals surface area contributed by atoms with Crippen molar-refractivity contribution in [1.29, 1.82) is 0 Å². The molecule has 0 aliphatic rings. The van der Waals surface area contributed by atoms with Gasteiger partial charge in [-0.3, -0.25) is 0 Å². The first-order valence-corrected chi connectivity index (χ1v) is 12.5. The number of benzene rings is 1. The predicted octanol–water partition coefficient (Wildman–Crippen LogP) is 5.62. The highest BCUT2D eigenvalue weighted by Crippen LogP contribution is 2.67. The fraction of sp³-hybridized carbons (Fsp3) is 0.333. The molecular formula is C12H17F3O2P4. The van der Waals surface area contributed by atoms with Crippen molar-refractivity contribution >= 4 is 33.3 Å². The van der Waals surface area contributed by atoms with Crippen molar-refractivity contribution in [2.45, 2.75) is 19.2 Å². The fourth-order valence-corrected chi connectivity index (χ4v) is 3.54. The normalized spacial score (nSPS) is 15.7. The van der Waals surface area contributed by atoms with Crippen LogP contribution in [0.5, 0.6) is 5.75 Å². The second-order valence-electron chi connectivity index (χ2n) is 3.96. The van der Waals surface area contributed by atoms with Gasteiger partial charge < -0.3 is 9.26 Å². The van der Waals surface area contributed by atoms with Crippen LogP contribution in [0, 0.1) is 0 Å². The first kappa shape index (κ1) is 19.3. The molecular weight excluding hydrogens is 357 g/mol. The van der Waals surface area contributed by atoms with Crippen LogP contribution < -0.4 is 4.74 Å². The molecule has 0 heterocycles. The van der Waals surface area contributed by atoms with Gasteiger partial charge in [0, 0.05) is 0 Å². The highest BCUT2D eigenvalue weighted by molar-refractivity contribution is 8.59. The van der Waals surface area contributed by atoms with Gasteiger partial charge in [-0.15, -0.1) is 8.93 Å². The Kier molecular flexibility index (Phi) is 8.62. The van der Waals surface area contributed by atoms with Gasteiger partial charge in [0.05, 0.1) is 13.1 Å². The monoisotopic (exact) mass is 374 g/mol. The van der Waals surface area contributed by atoms with Crippen LogP contribution in [0.1, 0.15) is 12.5 Å². The summed E-state index contributed by atoms with van der Waals surface area (Å²) in [6, 6.07) is 4.84. The highest BCUT2D eigenvalue weighted by Gasteiger charge is 2.30. The lowest BCUT2D eigenvalue weighted by Gasteiger charge is -2.19. The van der Waals surface area contributed by atoms with E-state index in [-0.39, 0.29) is 18.5 Å². The highest BCUT2D eigenvalue weighted by atomic mass is 32.6. The number of halogens is 3. The maximum atomic E-state index is 12.6. The van der Waals surface area contributed by atoms with E-state index in [2.05, 4.69) is 17.9 Å². The number of hydrogen-bond acceptors (Lipinski definition) is 2. The minimum atomic E-state index is -4.37. The number of allylic oxidation sites excluding steroid dienone is 1. The summed E-state index contributed by atoms with van der Waals surface area (Å²) in [6.45, 7) is 2.03. The Bertz CT molecular complexity index is 468. The maximum Gasteiger partial charge on any atom is 0.416 e. The van der Waals surface area contributed by atoms with E-state index >= 15 is 0 Å². The van der Waals surface area contributed by atoms with Crippen LogP contribution in [0.3, 0.4) is 0 Å². The molecule has 9 heteroatoms. The largest absolute Gasteiger partial charge is 0.491 e. The zero-order valence-corrected chi connectivity index (χ0v) is 15.5. The average Bonchev–Trinajstić information content (AvgIpc) is 2.44. The van der Waals surface area contributed by atoms with E-state index in [4.69, 9.17) is 9.26 Å². The van der Waals surface area contributed by atoms with Gasteiger partial charge in [-0.05, 0) is 33.1 Å². The minimum Gasteiger partial charge on any atom is -0.491 e. The van der Waals surface area contributed by atoms with Crippen molar-refractivity contribution in [3.05, 3.63) is 42.0 Å². The fourth-order valence-electron chi connectivity index (χ4n) is 1.45. The molecule has 1 rings (SSSR count). The first-order valence-electron chi connectivity index (χ1n) is 5.97. The molecule has 0 bridgehead atoms. The van der Waals surface area contributed by atoms with Crippen molar-refractivity contribution < 1.29 is 22.4 Å². The lowest BCUT2D eigenvalue weighted by atomic mass is 10.2. The van der Waals surface area contributed by atoms with Crippen molar-refractivity contribution in [3.8, 4) is 5.75 Å². The quantitative estimate of drug-likeness (QED) is 0.456. The van der Waals surface area contributed by atoms with E-state index in [1.54, 1.807) is 0 Å². The molecule has 0 N–H and O–H groups in total. The third kappa shape index (κ3) is 7.36. The third-order valence-electron chi connectivity index (χ3n) is 2.36. The number of rotatable bonds is 7. The van der Waals surface area contributed by atoms with Gasteiger partial charge in [0.25, 0.3) is 0 Å². The Morgan fingerprint density at radius 3 is 2.71 bits per heavy atom. The molecule has 0 fully saturated rings. The number of alkyl halides is 3. The van der Waals surface area contributed by atoms with E-state index in [1.165, 1.54) is 12.1 Å². The van der Waals surface area contributed by atoms with Gasteiger partial charge in [0.2, 0.25) is 0 Å². The molecule has 0 aromatic heterocycles. The molecule has 0 aliphatic carbocycles. The van der Waals surface area contributed by atoms with Crippen LogP contribution in [0.15, 0.2) is 36.4 Å². The van der Waals surface area contributed by atoms with Crippen LogP contribution in [0.4, 0.5) is 13.2 Å². The van der Waals surface area contributed by atoms with E-state index in [0.29, 0.717) is 7.96 Å². The summed E-state index contributed by atoms with van der Waals surface area (Å²) in [5.41, 5.74) is -0.719. The first-order chi connectivity index (χ1) is 9.86. The zero-order chi connectivity index (χ0) is 15.9. The Balaban J connectivity index is 2.67. The van der Waals surface area contributed by atoms with Gasteiger partial charge >= 0.3 is 6.18 Å². The summed E-state index contributed by atoms with van der Waals surface area (Å²) in [7, 11) is 5.18. The van der Waals surface area contributed by atoms with Gasteiger partial charge in [0.15, 0.2) is 0 Å². The molecule has 1 aromatic carbocycles. The second-order valence-corrected chi connectivity index (χ2v) is 12.5. The smallest absolute Gasteiger partial charge is 0.416 e. The Labute approximate surface area is 130 Å². The summed E-state index contributed by atoms with van der Waals surface area (Å²) >= 11 is 0. The molecule has 0 radical (unpaired) electrons. The molecule has 21 heavy (non-hydrogen) atoms. The Hall–Kier alpha value is 0.230. The van der Waals surface area contributed by atoms with Crippen LogP contribution >= 0.6 is 33.3 Å². The van der Waals surface area contributed by atoms with Crippen molar-refractivity contribution in [3.63, 3.8) is 0 Å². The van der Waals surface area contributed by atoms with Gasteiger partial charge in [0.1, 0.15) is 18.5 Å². The molecule has 0 saturated heterocycles. The standard InChI is InChI=1S/C12H17F3O2P4/c1-2-4-11(17-21(19)20-18)8-16-10-6-3-5-9(7-10)12(13,14)15/h2-7,11,20H,8,18-19H2,1H3/b4-2+/t11-,21?/m1/s1. The van der Waals surface area contributed by atoms with E-state index in [9.17, 15) is 13.2 Å². The molecule has 1 aromatic rings. The Morgan fingerprint density at radius 1 is 1.43 bits per heavy atom. The van der Waals surface area contributed by atoms with Crippen molar-refractivity contribution in [2.24, 2.45) is 0 Å². The average molecular weight is 374 g/mol. The SMILES string of the molecule is C/C=C/[C@H](COc1cccc(C(F)(F)F)c1)OP(P)PP. The van der Waals surface area contributed by atoms with Crippen molar-refractivity contribution in [1.82, 2.24) is 0 Å². The van der Waals surface area contributed by atoms with E-state index in [1.807, 2.05) is 19.1 Å². The van der Waals surface area contributed by atoms with E-state index < -0.39 is 19.3 Å². The number of hydrogen-bond donors (Lipinski definition) is 0. The summed E-state index contributed by atoms with van der Waals surface area (Å²) in [5.74, 6) is 0.185. The molecule has 0 aliphatic heterocycles. The summed E-state index contributed by atoms with van der Waals surface area (Å²) in [4.78, 5) is 0. The molecule has 4 unspecified atom stereocenters. The van der Waals surface area contributed by atoms with Crippen LogP contribution in [-0.2, 0) is 10.7 Å². The second kappa shape index (κ2) is 9.39. The lowest BCUT2D eigenvalue weighted by Crippen LogP contribution is -2.16. The summed E-state index contributed by atoms with van der Waals surface area (Å²) in [5, 5.41) is 0. The van der Waals surface area contributed by atoms with Gasteiger partial charge in [-0.2, -0.15) is 13.2 Å². The molecule has 5 atom stereocenters.